The second kappa shape index (κ2) is 7.68. The van der Waals surface area contributed by atoms with Crippen molar-refractivity contribution in [2.45, 2.75) is 6.42 Å². The zero-order valence-electron chi connectivity index (χ0n) is 13.1. The van der Waals surface area contributed by atoms with Crippen molar-refractivity contribution < 1.29 is 8.42 Å². The number of nitrogens with one attached hydrogen (secondary N) is 2. The fourth-order valence-electron chi connectivity index (χ4n) is 1.90. The molecule has 0 aliphatic carbocycles. The Labute approximate surface area is 142 Å². The molecule has 2 aromatic carbocycles. The highest BCUT2D eigenvalue weighted by Crippen LogP contribution is 2.16. The summed E-state index contributed by atoms with van der Waals surface area (Å²) in [7, 11) is -0.506. The molecule has 0 heterocycles. The Morgan fingerprint density at radius 3 is 2.09 bits per heavy atom. The lowest BCUT2D eigenvalue weighted by Gasteiger charge is -2.14. The molecule has 0 bridgehead atoms. The fourth-order valence-corrected chi connectivity index (χ4v) is 2.64. The summed E-state index contributed by atoms with van der Waals surface area (Å²) in [4.78, 5) is 0. The lowest BCUT2D eigenvalue weighted by molar-refractivity contribution is 0.527. The Morgan fingerprint density at radius 2 is 1.52 bits per heavy atom. The molecule has 0 spiro atoms. The SMILES string of the molecule is CN(C)S(=O)(=O)Nc1ccc(NCCc2ccc(Cl)cc2)cc1. The average Bonchev–Trinajstić information content (AvgIpc) is 2.50. The summed E-state index contributed by atoms with van der Waals surface area (Å²) in [5.41, 5.74) is 2.67. The molecule has 0 aromatic heterocycles. The molecule has 124 valence electrons. The second-order valence-electron chi connectivity index (χ2n) is 5.27. The van der Waals surface area contributed by atoms with E-state index in [0.29, 0.717) is 5.69 Å². The molecule has 0 radical (unpaired) electrons. The zero-order chi connectivity index (χ0) is 16.9. The van der Waals surface area contributed by atoms with Gasteiger partial charge in [-0.15, -0.1) is 0 Å². The van der Waals surface area contributed by atoms with Gasteiger partial charge in [-0.2, -0.15) is 12.7 Å². The van der Waals surface area contributed by atoms with Crippen LogP contribution >= 0.6 is 11.6 Å². The number of nitrogens with zero attached hydrogens (tertiary/aromatic N) is 1. The van der Waals surface area contributed by atoms with Gasteiger partial charge in [-0.25, -0.2) is 0 Å². The van der Waals surface area contributed by atoms with E-state index in [2.05, 4.69) is 10.0 Å². The van der Waals surface area contributed by atoms with Crippen LogP contribution < -0.4 is 10.0 Å². The molecule has 0 saturated heterocycles. The number of halogens is 1. The average molecular weight is 354 g/mol. The maximum atomic E-state index is 11.7. The van der Waals surface area contributed by atoms with Crippen LogP contribution in [-0.4, -0.2) is 33.4 Å². The van der Waals surface area contributed by atoms with Gasteiger partial charge in [-0.3, -0.25) is 4.72 Å². The minimum Gasteiger partial charge on any atom is -0.385 e. The second-order valence-corrected chi connectivity index (χ2v) is 7.59. The predicted octanol–water partition coefficient (Wildman–Crippen LogP) is 3.21. The van der Waals surface area contributed by atoms with Gasteiger partial charge >= 0.3 is 10.2 Å². The Kier molecular flexibility index (Phi) is 5.87. The van der Waals surface area contributed by atoms with Crippen molar-refractivity contribution in [2.24, 2.45) is 0 Å². The predicted molar refractivity (Wildman–Crippen MR) is 96.3 cm³/mol. The van der Waals surface area contributed by atoms with E-state index in [-0.39, 0.29) is 0 Å². The number of hydrogen-bond acceptors (Lipinski definition) is 3. The Hall–Kier alpha value is -1.76. The highest BCUT2D eigenvalue weighted by molar-refractivity contribution is 7.90. The van der Waals surface area contributed by atoms with Gasteiger partial charge in [0, 0.05) is 37.0 Å². The van der Waals surface area contributed by atoms with Gasteiger partial charge in [0.05, 0.1) is 0 Å². The van der Waals surface area contributed by atoms with Crippen LogP contribution in [0.1, 0.15) is 5.56 Å². The summed E-state index contributed by atoms with van der Waals surface area (Å²) in [5, 5.41) is 4.03. The molecule has 0 atom stereocenters. The molecule has 2 N–H and O–H groups in total. The van der Waals surface area contributed by atoms with Crippen molar-refractivity contribution in [1.29, 1.82) is 0 Å². The summed E-state index contributed by atoms with van der Waals surface area (Å²) in [6.07, 6.45) is 0.881. The highest BCUT2D eigenvalue weighted by Gasteiger charge is 2.12. The van der Waals surface area contributed by atoms with Gasteiger partial charge in [0.15, 0.2) is 0 Å². The summed E-state index contributed by atoms with van der Waals surface area (Å²) >= 11 is 5.85. The largest absolute Gasteiger partial charge is 0.385 e. The van der Waals surface area contributed by atoms with Crippen molar-refractivity contribution in [2.75, 3.05) is 30.7 Å². The van der Waals surface area contributed by atoms with Gasteiger partial charge in [0.2, 0.25) is 0 Å². The van der Waals surface area contributed by atoms with E-state index < -0.39 is 10.2 Å². The van der Waals surface area contributed by atoms with Crippen molar-refractivity contribution >= 4 is 33.2 Å². The van der Waals surface area contributed by atoms with Crippen LogP contribution in [0, 0.1) is 0 Å². The molecule has 0 aliphatic heterocycles. The third-order valence-electron chi connectivity index (χ3n) is 3.27. The van der Waals surface area contributed by atoms with Crippen molar-refractivity contribution in [3.63, 3.8) is 0 Å². The van der Waals surface area contributed by atoms with Gasteiger partial charge < -0.3 is 5.32 Å². The van der Waals surface area contributed by atoms with Crippen LogP contribution in [0.3, 0.4) is 0 Å². The first kappa shape index (κ1) is 17.6. The van der Waals surface area contributed by atoms with Crippen LogP contribution in [0.25, 0.3) is 0 Å². The molecular weight excluding hydrogens is 334 g/mol. The van der Waals surface area contributed by atoms with Gasteiger partial charge in [-0.1, -0.05) is 23.7 Å². The monoisotopic (exact) mass is 353 g/mol. The van der Waals surface area contributed by atoms with Crippen LogP contribution in [0.4, 0.5) is 11.4 Å². The van der Waals surface area contributed by atoms with Gasteiger partial charge in [0.1, 0.15) is 0 Å². The third-order valence-corrected chi connectivity index (χ3v) is 4.98. The Bertz CT molecular complexity index is 729. The molecule has 0 fully saturated rings. The van der Waals surface area contributed by atoms with E-state index in [1.54, 1.807) is 12.1 Å². The molecule has 7 heteroatoms. The molecule has 0 amide bonds. The Morgan fingerprint density at radius 1 is 0.957 bits per heavy atom. The minimum absolute atomic E-state index is 0.530. The molecule has 0 aliphatic rings. The maximum Gasteiger partial charge on any atom is 0.301 e. The van der Waals surface area contributed by atoms with Gasteiger partial charge in [-0.05, 0) is 48.4 Å². The van der Waals surface area contributed by atoms with Crippen LogP contribution in [0.2, 0.25) is 5.02 Å². The van der Waals surface area contributed by atoms with E-state index in [1.165, 1.54) is 19.7 Å². The van der Waals surface area contributed by atoms with Gasteiger partial charge in [0.25, 0.3) is 0 Å². The quantitative estimate of drug-likeness (QED) is 0.803. The van der Waals surface area contributed by atoms with Crippen LogP contribution in [-0.2, 0) is 16.6 Å². The normalized spacial score (nSPS) is 11.5. The van der Waals surface area contributed by atoms with E-state index in [4.69, 9.17) is 11.6 Å². The summed E-state index contributed by atoms with van der Waals surface area (Å²) in [5.74, 6) is 0. The van der Waals surface area contributed by atoms with E-state index >= 15 is 0 Å². The first-order chi connectivity index (χ1) is 10.9. The first-order valence-electron chi connectivity index (χ1n) is 7.15. The highest BCUT2D eigenvalue weighted by atomic mass is 35.5. The first-order valence-corrected chi connectivity index (χ1v) is 8.97. The molecule has 23 heavy (non-hydrogen) atoms. The fraction of sp³-hybridized carbons (Fsp3) is 0.250. The van der Waals surface area contributed by atoms with Crippen molar-refractivity contribution in [3.05, 3.63) is 59.1 Å². The molecule has 5 nitrogen and oxygen atoms in total. The Balaban J connectivity index is 1.86. The van der Waals surface area contributed by atoms with E-state index in [9.17, 15) is 8.42 Å². The molecular formula is C16H20ClN3O2S. The topological polar surface area (TPSA) is 61.4 Å². The number of rotatable bonds is 7. The number of hydrogen-bond donors (Lipinski definition) is 2. The molecule has 0 saturated carbocycles. The van der Waals surface area contributed by atoms with Crippen LogP contribution in [0.5, 0.6) is 0 Å². The van der Waals surface area contributed by atoms with Crippen LogP contribution in [0.15, 0.2) is 48.5 Å². The number of benzene rings is 2. The standard InChI is InChI=1S/C16H20ClN3O2S/c1-20(2)23(21,22)19-16-9-7-15(8-10-16)18-12-11-13-3-5-14(17)6-4-13/h3-10,18-19H,11-12H2,1-2H3. The van der Waals surface area contributed by atoms with E-state index in [0.717, 1.165) is 28.0 Å². The number of anilines is 2. The molecule has 2 rings (SSSR count). The summed E-state index contributed by atoms with van der Waals surface area (Å²) < 4.78 is 27.1. The summed E-state index contributed by atoms with van der Waals surface area (Å²) in [6.45, 7) is 0.782. The summed E-state index contributed by atoms with van der Waals surface area (Å²) in [6, 6.07) is 14.9. The zero-order valence-corrected chi connectivity index (χ0v) is 14.7. The van der Waals surface area contributed by atoms with Crippen molar-refractivity contribution in [3.8, 4) is 0 Å². The lowest BCUT2D eigenvalue weighted by atomic mass is 10.1. The maximum absolute atomic E-state index is 11.7. The molecule has 0 unspecified atom stereocenters. The lowest BCUT2D eigenvalue weighted by Crippen LogP contribution is -2.28. The van der Waals surface area contributed by atoms with Crippen molar-refractivity contribution in [1.82, 2.24) is 4.31 Å². The third kappa shape index (κ3) is 5.42. The van der Waals surface area contributed by atoms with E-state index in [1.807, 2.05) is 36.4 Å². The molecule has 2 aromatic rings. The smallest absolute Gasteiger partial charge is 0.301 e. The minimum atomic E-state index is -3.47.